The molecule has 1 aliphatic heterocycles. The van der Waals surface area contributed by atoms with Crippen LogP contribution in [0.2, 0.25) is 0 Å². The summed E-state index contributed by atoms with van der Waals surface area (Å²) < 4.78 is 42.5. The normalized spacial score (nSPS) is 16.9. The molecule has 0 bridgehead atoms. The molecule has 0 atom stereocenters. The molecule has 1 aromatic rings. The molecule has 0 N–H and O–H groups in total. The fourth-order valence-corrected chi connectivity index (χ4v) is 2.82. The van der Waals surface area contributed by atoms with Gasteiger partial charge in [0.25, 0.3) is 11.1 Å². The maximum absolute atomic E-state index is 12.5. The van der Waals surface area contributed by atoms with Crippen LogP contribution in [0.4, 0.5) is 18.0 Å². The van der Waals surface area contributed by atoms with Crippen LogP contribution in [0.5, 0.6) is 0 Å². The Hall–Kier alpha value is -2.29. The highest BCUT2D eigenvalue weighted by molar-refractivity contribution is 8.18. The van der Waals surface area contributed by atoms with Crippen molar-refractivity contribution in [2.24, 2.45) is 0 Å². The average molecular weight is 373 g/mol. The SMILES string of the molecule is CC(C)OC(=O)CN1C(=O)S/C(=C/c2ccc(C(F)(F)F)cc2)C1=O. The molecule has 0 aromatic heterocycles. The van der Waals surface area contributed by atoms with Gasteiger partial charge in [-0.25, -0.2) is 0 Å². The quantitative estimate of drug-likeness (QED) is 0.595. The van der Waals surface area contributed by atoms with E-state index in [1.54, 1.807) is 13.8 Å². The highest BCUT2D eigenvalue weighted by Crippen LogP contribution is 2.33. The summed E-state index contributed by atoms with van der Waals surface area (Å²) in [6.45, 7) is 2.76. The first kappa shape index (κ1) is 19.0. The smallest absolute Gasteiger partial charge is 0.416 e. The zero-order valence-corrected chi connectivity index (χ0v) is 14.1. The van der Waals surface area contributed by atoms with E-state index in [1.165, 1.54) is 18.2 Å². The molecule has 5 nitrogen and oxygen atoms in total. The minimum atomic E-state index is -4.45. The average Bonchev–Trinajstić information content (AvgIpc) is 2.74. The number of thioether (sulfide) groups is 1. The number of imide groups is 1. The first-order valence-corrected chi connectivity index (χ1v) is 8.01. The van der Waals surface area contributed by atoms with Gasteiger partial charge in [0.1, 0.15) is 6.54 Å². The summed E-state index contributed by atoms with van der Waals surface area (Å²) in [7, 11) is 0. The van der Waals surface area contributed by atoms with Crippen LogP contribution in [0.25, 0.3) is 6.08 Å². The lowest BCUT2D eigenvalue weighted by molar-refractivity contribution is -0.149. The van der Waals surface area contributed by atoms with Gasteiger partial charge < -0.3 is 4.74 Å². The van der Waals surface area contributed by atoms with E-state index in [9.17, 15) is 27.6 Å². The minimum Gasteiger partial charge on any atom is -0.462 e. The van der Waals surface area contributed by atoms with E-state index in [0.29, 0.717) is 17.3 Å². The van der Waals surface area contributed by atoms with Crippen LogP contribution in [0, 0.1) is 0 Å². The standard InChI is InChI=1S/C16H14F3NO4S/c1-9(2)24-13(21)8-20-14(22)12(25-15(20)23)7-10-3-5-11(6-4-10)16(17,18)19/h3-7,9H,8H2,1-2H3/b12-7+. The van der Waals surface area contributed by atoms with E-state index in [1.807, 2.05) is 0 Å². The van der Waals surface area contributed by atoms with E-state index in [-0.39, 0.29) is 11.0 Å². The number of carbonyl (C=O) groups is 3. The van der Waals surface area contributed by atoms with Crippen LogP contribution in [-0.4, -0.2) is 34.7 Å². The Bertz CT molecular complexity index is 726. The van der Waals surface area contributed by atoms with Gasteiger partial charge in [-0.2, -0.15) is 13.2 Å². The van der Waals surface area contributed by atoms with Crippen molar-refractivity contribution >= 4 is 35.0 Å². The van der Waals surface area contributed by atoms with Crippen LogP contribution >= 0.6 is 11.8 Å². The fourth-order valence-electron chi connectivity index (χ4n) is 1.99. The highest BCUT2D eigenvalue weighted by Gasteiger charge is 2.37. The number of carbonyl (C=O) groups excluding carboxylic acids is 3. The van der Waals surface area contributed by atoms with Crippen LogP contribution in [0.3, 0.4) is 0 Å². The molecule has 0 unspecified atom stereocenters. The molecular formula is C16H14F3NO4S. The van der Waals surface area contributed by atoms with Crippen molar-refractivity contribution in [1.29, 1.82) is 0 Å². The van der Waals surface area contributed by atoms with Crippen molar-refractivity contribution in [3.63, 3.8) is 0 Å². The van der Waals surface area contributed by atoms with E-state index < -0.39 is 35.4 Å². The zero-order chi connectivity index (χ0) is 18.8. The molecule has 0 saturated carbocycles. The summed E-state index contributed by atoms with van der Waals surface area (Å²) >= 11 is 0.616. The van der Waals surface area contributed by atoms with Crippen LogP contribution in [0.15, 0.2) is 29.2 Å². The molecular weight excluding hydrogens is 359 g/mol. The van der Waals surface area contributed by atoms with Gasteiger partial charge in [-0.15, -0.1) is 0 Å². The lowest BCUT2D eigenvalue weighted by atomic mass is 10.1. The van der Waals surface area contributed by atoms with Gasteiger partial charge >= 0.3 is 12.1 Å². The minimum absolute atomic E-state index is 0.0297. The van der Waals surface area contributed by atoms with Gasteiger partial charge in [-0.05, 0) is 49.4 Å². The molecule has 0 radical (unpaired) electrons. The topological polar surface area (TPSA) is 63.7 Å². The maximum Gasteiger partial charge on any atom is 0.416 e. The number of nitrogens with zero attached hydrogens (tertiary/aromatic N) is 1. The molecule has 1 heterocycles. The number of esters is 1. The lowest BCUT2D eigenvalue weighted by Crippen LogP contribution is -2.35. The third-order valence-corrected chi connectivity index (χ3v) is 3.97. The Kier molecular flexibility index (Phi) is 5.56. The number of benzene rings is 1. The molecule has 9 heteroatoms. The van der Waals surface area contributed by atoms with Gasteiger partial charge in [0.05, 0.1) is 16.6 Å². The largest absolute Gasteiger partial charge is 0.462 e. The summed E-state index contributed by atoms with van der Waals surface area (Å²) in [5, 5.41) is -0.635. The van der Waals surface area contributed by atoms with Gasteiger partial charge in [-0.3, -0.25) is 19.3 Å². The third-order valence-electron chi connectivity index (χ3n) is 3.06. The second-order valence-corrected chi connectivity index (χ2v) is 6.42. The number of rotatable bonds is 4. The summed E-state index contributed by atoms with van der Waals surface area (Å²) in [5.41, 5.74) is -0.475. The molecule has 1 aromatic carbocycles. The van der Waals surface area contributed by atoms with Crippen molar-refractivity contribution in [2.45, 2.75) is 26.1 Å². The van der Waals surface area contributed by atoms with Crippen molar-refractivity contribution in [3.05, 3.63) is 40.3 Å². The van der Waals surface area contributed by atoms with Crippen molar-refractivity contribution in [1.82, 2.24) is 4.90 Å². The Morgan fingerprint density at radius 3 is 2.36 bits per heavy atom. The van der Waals surface area contributed by atoms with E-state index in [2.05, 4.69) is 0 Å². The molecule has 1 aliphatic rings. The molecule has 0 spiro atoms. The van der Waals surface area contributed by atoms with E-state index in [0.717, 1.165) is 17.0 Å². The Balaban J connectivity index is 2.13. The number of amides is 2. The van der Waals surface area contributed by atoms with Gasteiger partial charge in [-0.1, -0.05) is 12.1 Å². The molecule has 1 saturated heterocycles. The second-order valence-electron chi connectivity index (χ2n) is 5.43. The van der Waals surface area contributed by atoms with Crippen LogP contribution < -0.4 is 0 Å². The van der Waals surface area contributed by atoms with Gasteiger partial charge in [0.2, 0.25) is 0 Å². The molecule has 2 rings (SSSR count). The van der Waals surface area contributed by atoms with E-state index in [4.69, 9.17) is 4.74 Å². The number of hydrogen-bond acceptors (Lipinski definition) is 5. The predicted octanol–water partition coefficient (Wildman–Crippen LogP) is 3.69. The highest BCUT2D eigenvalue weighted by atomic mass is 32.2. The Morgan fingerprint density at radius 1 is 1.24 bits per heavy atom. The van der Waals surface area contributed by atoms with Crippen molar-refractivity contribution in [3.8, 4) is 0 Å². The molecule has 25 heavy (non-hydrogen) atoms. The van der Waals surface area contributed by atoms with Crippen LogP contribution in [-0.2, 0) is 20.5 Å². The summed E-state index contributed by atoms with van der Waals surface area (Å²) in [5.74, 6) is -1.40. The lowest BCUT2D eigenvalue weighted by Gasteiger charge is -2.13. The zero-order valence-electron chi connectivity index (χ0n) is 13.3. The monoisotopic (exact) mass is 373 g/mol. The van der Waals surface area contributed by atoms with Crippen LogP contribution in [0.1, 0.15) is 25.0 Å². The number of alkyl halides is 3. The summed E-state index contributed by atoms with van der Waals surface area (Å²) in [4.78, 5) is 36.4. The number of ether oxygens (including phenoxy) is 1. The van der Waals surface area contributed by atoms with E-state index >= 15 is 0 Å². The molecule has 134 valence electrons. The number of hydrogen-bond donors (Lipinski definition) is 0. The second kappa shape index (κ2) is 7.30. The Morgan fingerprint density at radius 2 is 1.84 bits per heavy atom. The summed E-state index contributed by atoms with van der Waals surface area (Å²) in [6.07, 6.45) is -3.53. The Labute approximate surface area is 145 Å². The van der Waals surface area contributed by atoms with Gasteiger partial charge in [0, 0.05) is 0 Å². The fraction of sp³-hybridized carbons (Fsp3) is 0.312. The van der Waals surface area contributed by atoms with Crippen molar-refractivity contribution < 1.29 is 32.3 Å². The first-order chi connectivity index (χ1) is 11.6. The predicted molar refractivity (Wildman–Crippen MR) is 85.3 cm³/mol. The molecule has 2 amide bonds. The first-order valence-electron chi connectivity index (χ1n) is 7.20. The summed E-state index contributed by atoms with van der Waals surface area (Å²) in [6, 6.07) is 4.17. The molecule has 1 fully saturated rings. The van der Waals surface area contributed by atoms with Crippen molar-refractivity contribution in [2.75, 3.05) is 6.54 Å². The molecule has 0 aliphatic carbocycles. The van der Waals surface area contributed by atoms with Gasteiger partial charge in [0.15, 0.2) is 0 Å². The third kappa shape index (κ3) is 4.85. The maximum atomic E-state index is 12.5. The number of halogens is 3.